The number of ketones is 1. The highest BCUT2D eigenvalue weighted by molar-refractivity contribution is 6.10. The molecule has 0 atom stereocenters. The zero-order valence-electron chi connectivity index (χ0n) is 19.0. The molecule has 0 fully saturated rings. The van der Waals surface area contributed by atoms with Crippen molar-refractivity contribution in [1.29, 1.82) is 0 Å². The van der Waals surface area contributed by atoms with Gasteiger partial charge in [-0.3, -0.25) is 9.59 Å². The minimum atomic E-state index is -0.0213. The maximum Gasteiger partial charge on any atom is 0.254 e. The van der Waals surface area contributed by atoms with Crippen LogP contribution in [0, 0.1) is 0 Å². The number of ether oxygens (including phenoxy) is 1. The first-order valence-corrected chi connectivity index (χ1v) is 11.2. The van der Waals surface area contributed by atoms with Crippen LogP contribution in [0.5, 0.6) is 0 Å². The molecule has 3 aromatic rings. The maximum atomic E-state index is 13.3. The summed E-state index contributed by atoms with van der Waals surface area (Å²) in [6, 6.07) is 13.5. The average Bonchev–Trinajstić information content (AvgIpc) is 3.19. The number of benzene rings is 1. The van der Waals surface area contributed by atoms with Crippen molar-refractivity contribution in [2.75, 3.05) is 26.3 Å². The molecule has 2 aromatic heterocycles. The fraction of sp³-hybridized carbons (Fsp3) is 0.385. The lowest BCUT2D eigenvalue weighted by Crippen LogP contribution is -2.33. The Hall–Kier alpha value is -2.92. The van der Waals surface area contributed by atoms with Gasteiger partial charge >= 0.3 is 0 Å². The van der Waals surface area contributed by atoms with Crippen LogP contribution >= 0.6 is 0 Å². The third-order valence-corrected chi connectivity index (χ3v) is 5.70. The van der Waals surface area contributed by atoms with Gasteiger partial charge in [-0.25, -0.2) is 0 Å². The zero-order chi connectivity index (χ0) is 22.4. The van der Waals surface area contributed by atoms with Crippen LogP contribution in [0.2, 0.25) is 0 Å². The summed E-state index contributed by atoms with van der Waals surface area (Å²) < 4.78 is 7.31. The Balaban J connectivity index is 1.94. The fourth-order valence-electron chi connectivity index (χ4n) is 3.83. The van der Waals surface area contributed by atoms with Crippen molar-refractivity contribution in [3.8, 4) is 0 Å². The van der Waals surface area contributed by atoms with E-state index in [2.05, 4.69) is 6.92 Å². The third-order valence-electron chi connectivity index (χ3n) is 5.70. The molecule has 0 bridgehead atoms. The van der Waals surface area contributed by atoms with Crippen LogP contribution in [-0.4, -0.2) is 47.3 Å². The number of carbonyl (C=O) groups is 2. The van der Waals surface area contributed by atoms with E-state index in [9.17, 15) is 9.59 Å². The maximum absolute atomic E-state index is 13.3. The summed E-state index contributed by atoms with van der Waals surface area (Å²) in [6.07, 6.45) is 3.53. The van der Waals surface area contributed by atoms with Crippen LogP contribution in [0.1, 0.15) is 65.2 Å². The minimum Gasteiger partial charge on any atom is -0.380 e. The van der Waals surface area contributed by atoms with Gasteiger partial charge in [0.05, 0.1) is 12.3 Å². The smallest absolute Gasteiger partial charge is 0.254 e. The van der Waals surface area contributed by atoms with Gasteiger partial charge in [-0.2, -0.15) is 0 Å². The second kappa shape index (κ2) is 10.4. The molecule has 0 N–H and O–H groups in total. The van der Waals surface area contributed by atoms with Gasteiger partial charge in [-0.15, -0.1) is 0 Å². The number of hydrogen-bond acceptors (Lipinski definition) is 3. The number of nitrogens with zero attached hydrogens (tertiary/aromatic N) is 2. The quantitative estimate of drug-likeness (QED) is 0.350. The molecule has 0 saturated carbocycles. The number of likely N-dealkylation sites (N-methyl/N-ethyl adjacent to an activating group) is 1. The van der Waals surface area contributed by atoms with Crippen LogP contribution in [0.15, 0.2) is 48.7 Å². The van der Waals surface area contributed by atoms with E-state index in [4.69, 9.17) is 4.74 Å². The molecule has 31 heavy (non-hydrogen) atoms. The van der Waals surface area contributed by atoms with Gasteiger partial charge in [0, 0.05) is 42.5 Å². The van der Waals surface area contributed by atoms with E-state index >= 15 is 0 Å². The lowest BCUT2D eigenvalue weighted by molar-refractivity contribution is 0.0669. The molecular formula is C26H32N2O3. The van der Waals surface area contributed by atoms with Crippen LogP contribution in [0.3, 0.4) is 0 Å². The molecule has 3 rings (SSSR count). The first-order valence-electron chi connectivity index (χ1n) is 11.2. The third kappa shape index (κ3) is 4.88. The zero-order valence-corrected chi connectivity index (χ0v) is 19.0. The van der Waals surface area contributed by atoms with Gasteiger partial charge in [0.2, 0.25) is 5.78 Å². The predicted octanol–water partition coefficient (Wildman–Crippen LogP) is 4.79. The summed E-state index contributed by atoms with van der Waals surface area (Å²) in [5.41, 5.74) is 5.03. The van der Waals surface area contributed by atoms with Gasteiger partial charge < -0.3 is 14.0 Å². The highest BCUT2D eigenvalue weighted by atomic mass is 16.5. The van der Waals surface area contributed by atoms with Crippen LogP contribution < -0.4 is 0 Å². The van der Waals surface area contributed by atoms with E-state index in [1.807, 2.05) is 67.8 Å². The Kier molecular flexibility index (Phi) is 7.64. The molecule has 0 aliphatic rings. The van der Waals surface area contributed by atoms with Gasteiger partial charge in [0.15, 0.2) is 0 Å². The van der Waals surface area contributed by atoms with Crippen molar-refractivity contribution >= 4 is 17.2 Å². The molecule has 0 saturated heterocycles. The Morgan fingerprint density at radius 3 is 2.29 bits per heavy atom. The van der Waals surface area contributed by atoms with Crippen molar-refractivity contribution in [2.24, 2.45) is 0 Å². The van der Waals surface area contributed by atoms with E-state index in [0.717, 1.165) is 23.9 Å². The number of amides is 1. The van der Waals surface area contributed by atoms with Gasteiger partial charge in [0.1, 0.15) is 0 Å². The molecule has 0 unspecified atom stereocenters. The van der Waals surface area contributed by atoms with Gasteiger partial charge in [0.25, 0.3) is 5.91 Å². The normalized spacial score (nSPS) is 11.1. The lowest BCUT2D eigenvalue weighted by Gasteiger charge is -2.21. The first-order chi connectivity index (χ1) is 15.0. The predicted molar refractivity (Wildman–Crippen MR) is 124 cm³/mol. The van der Waals surface area contributed by atoms with Crippen molar-refractivity contribution < 1.29 is 14.3 Å². The standard InChI is InChI=1S/C26H32N2O3/c1-5-19-9-11-21(12-10-19)25(29)24-20(6-2)17-23-18-22(13-14-28(23)24)26(30)27(7-3)15-16-31-8-4/h9-14,17-18H,5-8,15-16H2,1-4H3. The summed E-state index contributed by atoms with van der Waals surface area (Å²) >= 11 is 0. The number of rotatable bonds is 10. The molecule has 0 aliphatic heterocycles. The molecule has 0 radical (unpaired) electrons. The summed E-state index contributed by atoms with van der Waals surface area (Å²) in [7, 11) is 0. The highest BCUT2D eigenvalue weighted by Gasteiger charge is 2.20. The number of carbonyl (C=O) groups excluding carboxylic acids is 2. The highest BCUT2D eigenvalue weighted by Crippen LogP contribution is 2.23. The Morgan fingerprint density at radius 1 is 0.935 bits per heavy atom. The van der Waals surface area contributed by atoms with E-state index < -0.39 is 0 Å². The van der Waals surface area contributed by atoms with Gasteiger partial charge in [-0.1, -0.05) is 38.1 Å². The van der Waals surface area contributed by atoms with E-state index in [0.29, 0.717) is 43.1 Å². The first kappa shape index (κ1) is 22.8. The number of hydrogen-bond donors (Lipinski definition) is 0. The van der Waals surface area contributed by atoms with Crippen LogP contribution in [-0.2, 0) is 17.6 Å². The number of aryl methyl sites for hydroxylation is 2. The van der Waals surface area contributed by atoms with E-state index in [1.54, 1.807) is 11.0 Å². The molecule has 0 aliphatic carbocycles. The van der Waals surface area contributed by atoms with Crippen LogP contribution in [0.25, 0.3) is 5.52 Å². The molecule has 1 amide bonds. The summed E-state index contributed by atoms with van der Waals surface area (Å²) in [6.45, 7) is 10.4. The monoisotopic (exact) mass is 420 g/mol. The Labute approximate surface area is 184 Å². The molecule has 2 heterocycles. The SMILES string of the molecule is CCOCCN(CC)C(=O)c1ccn2c(C(=O)c3ccc(CC)cc3)c(CC)cc2c1. The molecular weight excluding hydrogens is 388 g/mol. The van der Waals surface area contributed by atoms with Crippen LogP contribution in [0.4, 0.5) is 0 Å². The minimum absolute atomic E-state index is 0.00507. The summed E-state index contributed by atoms with van der Waals surface area (Å²) in [5, 5.41) is 0. The van der Waals surface area contributed by atoms with Crippen molar-refractivity contribution in [1.82, 2.24) is 9.30 Å². The number of aromatic nitrogens is 1. The Morgan fingerprint density at radius 2 is 1.68 bits per heavy atom. The van der Waals surface area contributed by atoms with Crippen molar-refractivity contribution in [3.05, 3.63) is 76.6 Å². The Bertz CT molecular complexity index is 1050. The second-order valence-electron chi connectivity index (χ2n) is 7.54. The van der Waals surface area contributed by atoms with Crippen molar-refractivity contribution in [2.45, 2.75) is 40.5 Å². The van der Waals surface area contributed by atoms with E-state index in [1.165, 1.54) is 5.56 Å². The summed E-state index contributed by atoms with van der Waals surface area (Å²) in [4.78, 5) is 28.1. The number of pyridine rings is 1. The number of fused-ring (bicyclic) bond motifs is 1. The largest absolute Gasteiger partial charge is 0.380 e. The fourth-order valence-corrected chi connectivity index (χ4v) is 3.83. The lowest BCUT2D eigenvalue weighted by atomic mass is 10.0. The van der Waals surface area contributed by atoms with Gasteiger partial charge in [-0.05, 0) is 56.0 Å². The average molecular weight is 421 g/mol. The molecule has 1 aromatic carbocycles. The summed E-state index contributed by atoms with van der Waals surface area (Å²) in [5.74, 6) is -0.0162. The molecule has 5 heteroatoms. The molecule has 0 spiro atoms. The molecule has 5 nitrogen and oxygen atoms in total. The van der Waals surface area contributed by atoms with E-state index in [-0.39, 0.29) is 11.7 Å². The molecule has 164 valence electrons. The second-order valence-corrected chi connectivity index (χ2v) is 7.54. The topological polar surface area (TPSA) is 51.0 Å². The van der Waals surface area contributed by atoms with Crippen molar-refractivity contribution in [3.63, 3.8) is 0 Å².